The molecule has 0 aliphatic carbocycles. The predicted octanol–water partition coefficient (Wildman–Crippen LogP) is -5.37. The second kappa shape index (κ2) is 11.6. The second-order valence-corrected chi connectivity index (χ2v) is 9.08. The van der Waals surface area contributed by atoms with Gasteiger partial charge in [-0.1, -0.05) is 0 Å². The number of aliphatic hydroxyl groups is 8. The minimum absolute atomic E-state index is 0.471. The van der Waals surface area contributed by atoms with Gasteiger partial charge in [-0.2, -0.15) is 0 Å². The first kappa shape index (κ1) is 28.5. The summed E-state index contributed by atoms with van der Waals surface area (Å²) < 4.78 is 27.1. The topological polar surface area (TPSA) is 237 Å². The summed E-state index contributed by atoms with van der Waals surface area (Å²) in [6.07, 6.45) is -19.7. The average molecular weight is 513 g/mol. The van der Waals surface area contributed by atoms with E-state index in [2.05, 4.69) is 5.32 Å². The number of hydrogen-bond acceptors (Lipinski definition) is 14. The summed E-state index contributed by atoms with van der Waals surface area (Å²) in [5, 5.41) is 83.8. The van der Waals surface area contributed by atoms with E-state index in [9.17, 15) is 45.6 Å². The van der Waals surface area contributed by atoms with Crippen molar-refractivity contribution in [3.05, 3.63) is 0 Å². The number of aliphatic hydroxyl groups excluding tert-OH is 8. The van der Waals surface area contributed by atoms with Crippen LogP contribution in [0.25, 0.3) is 0 Å². The predicted molar refractivity (Wildman–Crippen MR) is 110 cm³/mol. The highest BCUT2D eigenvalue weighted by Crippen LogP contribution is 2.30. The largest absolute Gasteiger partial charge is 0.388 e. The molecule has 3 saturated heterocycles. The summed E-state index contributed by atoms with van der Waals surface area (Å²) >= 11 is 0. The number of nitrogens with one attached hydrogen (secondary N) is 1. The Balaban J connectivity index is 1.57. The van der Waals surface area contributed by atoms with E-state index < -0.39 is 105 Å². The third-order valence-electron chi connectivity index (χ3n) is 6.39. The van der Waals surface area contributed by atoms with Gasteiger partial charge < -0.3 is 69.9 Å². The van der Waals surface area contributed by atoms with Crippen LogP contribution in [-0.2, 0) is 28.5 Å². The minimum Gasteiger partial charge on any atom is -0.388 e. The van der Waals surface area contributed by atoms with Crippen LogP contribution in [0.1, 0.15) is 20.8 Å². The highest BCUT2D eigenvalue weighted by molar-refractivity contribution is 5.73. The molecule has 3 aliphatic rings. The molecule has 0 spiro atoms. The first-order valence-electron chi connectivity index (χ1n) is 11.3. The van der Waals surface area contributed by atoms with Crippen LogP contribution in [0, 0.1) is 0 Å². The van der Waals surface area contributed by atoms with Crippen LogP contribution in [0.5, 0.6) is 0 Å². The maximum atomic E-state index is 11.2. The zero-order valence-electron chi connectivity index (χ0n) is 19.4. The van der Waals surface area contributed by atoms with Crippen molar-refractivity contribution in [3.63, 3.8) is 0 Å². The summed E-state index contributed by atoms with van der Waals surface area (Å²) in [6.45, 7) is 3.64. The van der Waals surface area contributed by atoms with E-state index in [0.717, 1.165) is 0 Å². The van der Waals surface area contributed by atoms with Gasteiger partial charge in [0.1, 0.15) is 61.0 Å². The number of amides is 1. The van der Waals surface area contributed by atoms with Crippen LogP contribution in [0.15, 0.2) is 0 Å². The Bertz CT molecular complexity index is 715. The molecule has 0 aromatic rings. The van der Waals surface area contributed by atoms with Gasteiger partial charge in [-0.15, -0.1) is 0 Å². The van der Waals surface area contributed by atoms with Gasteiger partial charge in [0.2, 0.25) is 5.91 Å². The maximum Gasteiger partial charge on any atom is 0.217 e. The molecule has 15 heteroatoms. The fraction of sp³-hybridized carbons (Fsp3) is 0.950. The number of hydrogen-bond donors (Lipinski definition) is 9. The monoisotopic (exact) mass is 513 g/mol. The first-order chi connectivity index (χ1) is 16.3. The van der Waals surface area contributed by atoms with E-state index in [1.807, 2.05) is 0 Å². The van der Waals surface area contributed by atoms with Gasteiger partial charge in [-0.3, -0.25) is 4.79 Å². The van der Waals surface area contributed by atoms with E-state index in [1.165, 1.54) is 20.8 Å². The lowest BCUT2D eigenvalue weighted by Gasteiger charge is -2.46. The van der Waals surface area contributed by atoms with Crippen molar-refractivity contribution in [1.29, 1.82) is 0 Å². The molecule has 1 amide bonds. The fourth-order valence-electron chi connectivity index (χ4n) is 4.28. The Morgan fingerprint density at radius 2 is 1.34 bits per heavy atom. The van der Waals surface area contributed by atoms with E-state index in [1.54, 1.807) is 0 Å². The molecule has 204 valence electrons. The van der Waals surface area contributed by atoms with Gasteiger partial charge in [0.05, 0.1) is 18.8 Å². The molecule has 3 aliphatic heterocycles. The van der Waals surface area contributed by atoms with Crippen LogP contribution in [0.2, 0.25) is 0 Å². The van der Waals surface area contributed by atoms with Gasteiger partial charge in [0, 0.05) is 6.92 Å². The summed E-state index contributed by atoms with van der Waals surface area (Å²) in [7, 11) is 0. The SMILES string of the molecule is CC(=O)N[C@H]1C(O)O[C@H](CO[C@@H]2O[C@@H](C)[C@H](O[C@@H]3O[C@@H](C)[C@H](O)[C@@H](O)[C@H]3O)[C@@H](O)[C@H]2O)[C@@H](O)[C@@H]1O. The van der Waals surface area contributed by atoms with Crippen molar-refractivity contribution >= 4 is 5.91 Å². The molecule has 15 nitrogen and oxygen atoms in total. The minimum atomic E-state index is -1.67. The quantitative estimate of drug-likeness (QED) is 0.161. The van der Waals surface area contributed by atoms with Gasteiger partial charge in [-0.25, -0.2) is 0 Å². The van der Waals surface area contributed by atoms with Gasteiger partial charge in [0.15, 0.2) is 18.9 Å². The average Bonchev–Trinajstić information content (AvgIpc) is 2.80. The highest BCUT2D eigenvalue weighted by Gasteiger charge is 2.50. The fourth-order valence-corrected chi connectivity index (χ4v) is 4.28. The lowest BCUT2D eigenvalue weighted by Crippen LogP contribution is -2.65. The molecule has 0 aromatic heterocycles. The van der Waals surface area contributed by atoms with Crippen LogP contribution in [0.3, 0.4) is 0 Å². The van der Waals surface area contributed by atoms with Crippen LogP contribution in [-0.4, -0.2) is 145 Å². The Morgan fingerprint density at radius 3 is 1.97 bits per heavy atom. The molecule has 35 heavy (non-hydrogen) atoms. The van der Waals surface area contributed by atoms with Gasteiger partial charge in [-0.05, 0) is 13.8 Å². The zero-order valence-corrected chi connectivity index (χ0v) is 19.4. The number of rotatable bonds is 6. The maximum absolute atomic E-state index is 11.2. The molecule has 3 heterocycles. The number of carbonyl (C=O) groups excluding carboxylic acids is 1. The highest BCUT2D eigenvalue weighted by atomic mass is 16.7. The van der Waals surface area contributed by atoms with Crippen molar-refractivity contribution in [1.82, 2.24) is 5.32 Å². The van der Waals surface area contributed by atoms with E-state index in [0.29, 0.717) is 0 Å². The van der Waals surface area contributed by atoms with Crippen molar-refractivity contribution in [3.8, 4) is 0 Å². The molecule has 3 fully saturated rings. The summed E-state index contributed by atoms with van der Waals surface area (Å²) in [5.74, 6) is -0.552. The Hall–Kier alpha value is -1.05. The number of ether oxygens (including phenoxy) is 5. The summed E-state index contributed by atoms with van der Waals surface area (Å²) in [5.41, 5.74) is 0. The molecule has 0 aromatic carbocycles. The molecular formula is C20H35NO14. The molecule has 15 atom stereocenters. The Morgan fingerprint density at radius 1 is 0.743 bits per heavy atom. The smallest absolute Gasteiger partial charge is 0.217 e. The third-order valence-corrected chi connectivity index (χ3v) is 6.39. The molecule has 1 unspecified atom stereocenters. The van der Waals surface area contributed by atoms with Crippen molar-refractivity contribution in [2.75, 3.05) is 6.61 Å². The molecular weight excluding hydrogens is 478 g/mol. The lowest BCUT2D eigenvalue weighted by molar-refractivity contribution is -0.356. The molecule has 0 radical (unpaired) electrons. The zero-order chi connectivity index (χ0) is 26.2. The van der Waals surface area contributed by atoms with Crippen LogP contribution >= 0.6 is 0 Å². The standard InChI is InChI=1S/C20H35NO14/c1-5-10(23)13(26)15(28)20(32-5)35-17-6(2)33-19(16(29)14(17)27)31-4-8-11(24)12(25)9(18(30)34-8)21-7(3)22/h5-6,8-20,23-30H,4H2,1-3H3,(H,21,22)/t5-,6-,8+,9+,10-,11+,12+,13+,14-,15+,16+,17-,18?,19+,20-/m0/s1. The number of carbonyl (C=O) groups is 1. The van der Waals surface area contributed by atoms with Gasteiger partial charge >= 0.3 is 0 Å². The van der Waals surface area contributed by atoms with Crippen molar-refractivity contribution in [2.24, 2.45) is 0 Å². The molecule has 0 bridgehead atoms. The van der Waals surface area contributed by atoms with Crippen molar-refractivity contribution < 1.29 is 69.3 Å². The van der Waals surface area contributed by atoms with Crippen molar-refractivity contribution in [2.45, 2.75) is 113 Å². The molecule has 0 saturated carbocycles. The Labute approximate surface area is 200 Å². The summed E-state index contributed by atoms with van der Waals surface area (Å²) in [6, 6.07) is -1.27. The molecule has 3 rings (SSSR count). The van der Waals surface area contributed by atoms with Crippen LogP contribution < -0.4 is 5.32 Å². The normalized spacial score (nSPS) is 51.1. The van der Waals surface area contributed by atoms with E-state index >= 15 is 0 Å². The lowest BCUT2D eigenvalue weighted by atomic mass is 9.96. The first-order valence-corrected chi connectivity index (χ1v) is 11.3. The third kappa shape index (κ3) is 6.10. The van der Waals surface area contributed by atoms with E-state index in [-0.39, 0.29) is 0 Å². The molecule has 9 N–H and O–H groups in total. The summed E-state index contributed by atoms with van der Waals surface area (Å²) in [4.78, 5) is 11.2. The second-order valence-electron chi connectivity index (χ2n) is 9.08. The Kier molecular flexibility index (Phi) is 9.42. The van der Waals surface area contributed by atoms with Gasteiger partial charge in [0.25, 0.3) is 0 Å². The van der Waals surface area contributed by atoms with Crippen LogP contribution in [0.4, 0.5) is 0 Å². The van der Waals surface area contributed by atoms with E-state index in [4.69, 9.17) is 23.7 Å².